The van der Waals surface area contributed by atoms with Gasteiger partial charge in [-0.1, -0.05) is 19.1 Å². The van der Waals surface area contributed by atoms with Crippen LogP contribution in [0.1, 0.15) is 25.3 Å². The van der Waals surface area contributed by atoms with Crippen LogP contribution in [0.5, 0.6) is 0 Å². The van der Waals surface area contributed by atoms with Gasteiger partial charge in [-0.3, -0.25) is 0 Å². The van der Waals surface area contributed by atoms with Crippen LogP contribution >= 0.6 is 0 Å². The number of benzene rings is 1. The molecule has 5 nitrogen and oxygen atoms in total. The first kappa shape index (κ1) is 15.0. The van der Waals surface area contributed by atoms with E-state index in [-0.39, 0.29) is 18.0 Å². The first-order chi connectivity index (χ1) is 9.45. The molecular formula is C14H18NO4S-. The number of nitrogens with zero attached hydrogens (tertiary/aromatic N) is 1. The number of aliphatic carboxylic acids is 1. The number of carboxylic acid groups (broad SMARTS) is 1. The molecule has 110 valence electrons. The molecule has 0 spiro atoms. The first-order valence-corrected chi connectivity index (χ1v) is 8.19. The zero-order valence-electron chi connectivity index (χ0n) is 11.4. The van der Waals surface area contributed by atoms with Gasteiger partial charge in [-0.15, -0.1) is 0 Å². The van der Waals surface area contributed by atoms with E-state index in [1.165, 1.54) is 4.31 Å². The minimum Gasteiger partial charge on any atom is -0.550 e. The Kier molecular flexibility index (Phi) is 4.45. The Morgan fingerprint density at radius 3 is 2.25 bits per heavy atom. The van der Waals surface area contributed by atoms with Gasteiger partial charge in [0, 0.05) is 25.0 Å². The van der Waals surface area contributed by atoms with Crippen molar-refractivity contribution in [3.8, 4) is 0 Å². The topological polar surface area (TPSA) is 77.5 Å². The molecule has 1 fully saturated rings. The standard InChI is InChI=1S/C14H19NO4S/c1-2-11-3-5-13(6-4-11)20(18,19)15-9-7-12(8-10-15)14(16)17/h3-6,12H,2,7-10H2,1H3,(H,16,17)/p-1. The average molecular weight is 296 g/mol. The third-order valence-electron chi connectivity index (χ3n) is 3.76. The van der Waals surface area contributed by atoms with Gasteiger partial charge in [0.05, 0.1) is 4.90 Å². The fraction of sp³-hybridized carbons (Fsp3) is 0.500. The van der Waals surface area contributed by atoms with Crippen LogP contribution in [0.25, 0.3) is 0 Å². The molecule has 0 saturated carbocycles. The minimum absolute atomic E-state index is 0.233. The van der Waals surface area contributed by atoms with Gasteiger partial charge in [-0.2, -0.15) is 4.31 Å². The van der Waals surface area contributed by atoms with E-state index in [9.17, 15) is 18.3 Å². The van der Waals surface area contributed by atoms with Crippen molar-refractivity contribution in [2.75, 3.05) is 13.1 Å². The SMILES string of the molecule is CCc1ccc(S(=O)(=O)N2CCC(C(=O)[O-])CC2)cc1. The van der Waals surface area contributed by atoms with E-state index in [1.54, 1.807) is 24.3 Å². The van der Waals surface area contributed by atoms with Crippen LogP contribution in [0.4, 0.5) is 0 Å². The van der Waals surface area contributed by atoms with Crippen LogP contribution in [0.2, 0.25) is 0 Å². The molecule has 1 heterocycles. The van der Waals surface area contributed by atoms with Gasteiger partial charge in [-0.25, -0.2) is 8.42 Å². The van der Waals surface area contributed by atoms with E-state index in [4.69, 9.17) is 0 Å². The van der Waals surface area contributed by atoms with Crippen LogP contribution in [0, 0.1) is 5.92 Å². The van der Waals surface area contributed by atoms with E-state index in [1.807, 2.05) is 6.92 Å². The summed E-state index contributed by atoms with van der Waals surface area (Å²) in [4.78, 5) is 11.0. The average Bonchev–Trinajstić information content (AvgIpc) is 2.47. The molecule has 0 atom stereocenters. The Hall–Kier alpha value is -1.40. The quantitative estimate of drug-likeness (QED) is 0.806. The summed E-state index contributed by atoms with van der Waals surface area (Å²) in [6.07, 6.45) is 1.49. The Balaban J connectivity index is 2.13. The molecule has 0 bridgehead atoms. The number of piperidine rings is 1. The highest BCUT2D eigenvalue weighted by Gasteiger charge is 2.29. The molecule has 6 heteroatoms. The Morgan fingerprint density at radius 1 is 1.25 bits per heavy atom. The van der Waals surface area contributed by atoms with E-state index in [0.29, 0.717) is 12.8 Å². The summed E-state index contributed by atoms with van der Waals surface area (Å²) >= 11 is 0. The van der Waals surface area contributed by atoms with Crippen molar-refractivity contribution in [2.24, 2.45) is 5.92 Å². The molecule has 2 rings (SSSR count). The van der Waals surface area contributed by atoms with E-state index >= 15 is 0 Å². The van der Waals surface area contributed by atoms with Crippen molar-refractivity contribution in [1.29, 1.82) is 0 Å². The molecule has 0 unspecified atom stereocenters. The van der Waals surface area contributed by atoms with Gasteiger partial charge in [0.1, 0.15) is 0 Å². The van der Waals surface area contributed by atoms with Crippen molar-refractivity contribution in [1.82, 2.24) is 4.31 Å². The van der Waals surface area contributed by atoms with E-state index < -0.39 is 21.9 Å². The molecule has 1 aliphatic rings. The first-order valence-electron chi connectivity index (χ1n) is 6.75. The zero-order chi connectivity index (χ0) is 14.8. The molecule has 1 saturated heterocycles. The maximum absolute atomic E-state index is 12.4. The second-order valence-electron chi connectivity index (χ2n) is 4.99. The summed E-state index contributed by atoms with van der Waals surface area (Å²) in [6, 6.07) is 6.83. The number of rotatable bonds is 4. The van der Waals surface area contributed by atoms with Gasteiger partial charge < -0.3 is 9.90 Å². The maximum atomic E-state index is 12.4. The van der Waals surface area contributed by atoms with Gasteiger partial charge in [-0.05, 0) is 37.0 Å². The van der Waals surface area contributed by atoms with Crippen molar-refractivity contribution in [3.63, 3.8) is 0 Å². The maximum Gasteiger partial charge on any atom is 0.243 e. The lowest BCUT2D eigenvalue weighted by Gasteiger charge is -2.31. The van der Waals surface area contributed by atoms with Crippen LogP contribution in [0.3, 0.4) is 0 Å². The molecule has 20 heavy (non-hydrogen) atoms. The van der Waals surface area contributed by atoms with Crippen molar-refractivity contribution < 1.29 is 18.3 Å². The Labute approximate surface area is 119 Å². The predicted octanol–water partition coefficient (Wildman–Crippen LogP) is 0.400. The fourth-order valence-corrected chi connectivity index (χ4v) is 3.85. The van der Waals surface area contributed by atoms with Gasteiger partial charge >= 0.3 is 0 Å². The molecular weight excluding hydrogens is 278 g/mol. The fourth-order valence-electron chi connectivity index (χ4n) is 2.38. The smallest absolute Gasteiger partial charge is 0.243 e. The summed E-state index contributed by atoms with van der Waals surface area (Å²) in [5.74, 6) is -1.63. The number of hydrogen-bond donors (Lipinski definition) is 0. The van der Waals surface area contributed by atoms with Crippen molar-refractivity contribution in [2.45, 2.75) is 31.1 Å². The van der Waals surface area contributed by atoms with Gasteiger partial charge in [0.25, 0.3) is 0 Å². The largest absolute Gasteiger partial charge is 0.550 e. The predicted molar refractivity (Wildman–Crippen MR) is 72.3 cm³/mol. The molecule has 1 aromatic rings. The second kappa shape index (κ2) is 5.93. The normalized spacial score (nSPS) is 18.1. The molecule has 0 aliphatic carbocycles. The van der Waals surface area contributed by atoms with Crippen molar-refractivity contribution >= 4 is 16.0 Å². The van der Waals surface area contributed by atoms with Gasteiger partial charge in [0.15, 0.2) is 0 Å². The van der Waals surface area contributed by atoms with Crippen LogP contribution < -0.4 is 5.11 Å². The number of hydrogen-bond acceptors (Lipinski definition) is 4. The Bertz CT molecular complexity index is 572. The zero-order valence-corrected chi connectivity index (χ0v) is 12.2. The summed E-state index contributed by atoms with van der Waals surface area (Å²) < 4.78 is 26.2. The lowest BCUT2D eigenvalue weighted by Crippen LogP contribution is -2.43. The summed E-state index contributed by atoms with van der Waals surface area (Å²) in [5.41, 5.74) is 1.08. The third-order valence-corrected chi connectivity index (χ3v) is 5.67. The van der Waals surface area contributed by atoms with Crippen LogP contribution in [-0.2, 0) is 21.2 Å². The van der Waals surface area contributed by atoms with E-state index in [2.05, 4.69) is 0 Å². The molecule has 1 aromatic carbocycles. The van der Waals surface area contributed by atoms with Crippen molar-refractivity contribution in [3.05, 3.63) is 29.8 Å². The number of carboxylic acids is 1. The third kappa shape index (κ3) is 3.02. The van der Waals surface area contributed by atoms with E-state index in [0.717, 1.165) is 12.0 Å². The summed E-state index contributed by atoms with van der Waals surface area (Å²) in [5, 5.41) is 10.8. The summed E-state index contributed by atoms with van der Waals surface area (Å²) in [6.45, 7) is 2.47. The lowest BCUT2D eigenvalue weighted by molar-refractivity contribution is -0.312. The molecule has 0 N–H and O–H groups in total. The monoisotopic (exact) mass is 296 g/mol. The van der Waals surface area contributed by atoms with Crippen LogP contribution in [-0.4, -0.2) is 31.8 Å². The van der Waals surface area contributed by atoms with Crippen LogP contribution in [0.15, 0.2) is 29.2 Å². The number of aryl methyl sites for hydroxylation is 1. The number of carbonyl (C=O) groups excluding carboxylic acids is 1. The molecule has 1 aliphatic heterocycles. The second-order valence-corrected chi connectivity index (χ2v) is 6.93. The number of carbonyl (C=O) groups is 1. The number of sulfonamides is 1. The highest BCUT2D eigenvalue weighted by atomic mass is 32.2. The summed E-state index contributed by atoms with van der Waals surface area (Å²) in [7, 11) is -3.52. The highest BCUT2D eigenvalue weighted by Crippen LogP contribution is 2.23. The highest BCUT2D eigenvalue weighted by molar-refractivity contribution is 7.89. The minimum atomic E-state index is -3.52. The van der Waals surface area contributed by atoms with Gasteiger partial charge in [0.2, 0.25) is 10.0 Å². The Morgan fingerprint density at radius 2 is 1.80 bits per heavy atom. The lowest BCUT2D eigenvalue weighted by atomic mass is 9.99. The molecule has 0 amide bonds. The molecule has 0 aromatic heterocycles. The molecule has 0 radical (unpaired) electrons.